The van der Waals surface area contributed by atoms with Gasteiger partial charge < -0.3 is 10.8 Å². The van der Waals surface area contributed by atoms with E-state index in [1.54, 1.807) is 0 Å². The topological polar surface area (TPSA) is 63.3 Å². The third-order valence-electron chi connectivity index (χ3n) is 2.26. The van der Waals surface area contributed by atoms with Gasteiger partial charge in [0, 0.05) is 12.5 Å². The molecule has 0 aromatic heterocycles. The summed E-state index contributed by atoms with van der Waals surface area (Å²) in [4.78, 5) is 10.3. The van der Waals surface area contributed by atoms with Crippen LogP contribution in [0.1, 0.15) is 19.3 Å². The van der Waals surface area contributed by atoms with Crippen molar-refractivity contribution in [3.63, 3.8) is 0 Å². The number of carboxylic acid groups (broad SMARTS) is 1. The minimum absolute atomic E-state index is 0.227. The van der Waals surface area contributed by atoms with E-state index in [1.807, 2.05) is 11.8 Å². The highest BCUT2D eigenvalue weighted by Gasteiger charge is 2.22. The van der Waals surface area contributed by atoms with E-state index in [9.17, 15) is 4.79 Å². The maximum Gasteiger partial charge on any atom is 0.303 e. The second kappa shape index (κ2) is 4.72. The number of rotatable bonds is 3. The fourth-order valence-electron chi connectivity index (χ4n) is 1.42. The average molecular weight is 189 g/mol. The molecule has 0 aromatic carbocycles. The standard InChI is InChI=1S/C8H15NO2S/c9-7-3-4-12-5-6(7)1-2-8(10)11/h6-7H,1-5,9H2,(H,10,11)/t6-,7+/m0/s1. The van der Waals surface area contributed by atoms with E-state index in [-0.39, 0.29) is 12.5 Å². The van der Waals surface area contributed by atoms with Crippen LogP contribution in [0.25, 0.3) is 0 Å². The van der Waals surface area contributed by atoms with Crippen molar-refractivity contribution in [1.29, 1.82) is 0 Å². The summed E-state index contributed by atoms with van der Waals surface area (Å²) >= 11 is 1.89. The molecule has 1 fully saturated rings. The minimum Gasteiger partial charge on any atom is -0.481 e. The predicted octanol–water partition coefficient (Wildman–Crippen LogP) is 0.932. The van der Waals surface area contributed by atoms with Crippen LogP contribution in [-0.4, -0.2) is 28.6 Å². The Balaban J connectivity index is 2.24. The molecule has 0 radical (unpaired) electrons. The average Bonchev–Trinajstić information content (AvgIpc) is 2.03. The van der Waals surface area contributed by atoms with Gasteiger partial charge >= 0.3 is 5.97 Å². The van der Waals surface area contributed by atoms with Crippen LogP contribution >= 0.6 is 11.8 Å². The van der Waals surface area contributed by atoms with Crippen molar-refractivity contribution in [3.05, 3.63) is 0 Å². The van der Waals surface area contributed by atoms with Crippen LogP contribution in [0.5, 0.6) is 0 Å². The molecule has 3 nitrogen and oxygen atoms in total. The van der Waals surface area contributed by atoms with Crippen LogP contribution in [-0.2, 0) is 4.79 Å². The SMILES string of the molecule is N[C@@H]1CCSC[C@@H]1CCC(=O)O. The summed E-state index contributed by atoms with van der Waals surface area (Å²) in [5, 5.41) is 8.48. The van der Waals surface area contributed by atoms with Gasteiger partial charge in [-0.15, -0.1) is 0 Å². The summed E-state index contributed by atoms with van der Waals surface area (Å²) in [6, 6.07) is 0.227. The molecule has 1 aliphatic heterocycles. The number of hydrogen-bond donors (Lipinski definition) is 2. The number of hydrogen-bond acceptors (Lipinski definition) is 3. The molecule has 1 saturated heterocycles. The largest absolute Gasteiger partial charge is 0.481 e. The molecule has 0 spiro atoms. The van der Waals surface area contributed by atoms with Crippen molar-refractivity contribution < 1.29 is 9.90 Å². The third kappa shape index (κ3) is 3.03. The summed E-state index contributed by atoms with van der Waals surface area (Å²) in [6.07, 6.45) is 2.04. The molecule has 1 heterocycles. The molecule has 1 rings (SSSR count). The van der Waals surface area contributed by atoms with Gasteiger partial charge in [-0.3, -0.25) is 4.79 Å². The highest BCUT2D eigenvalue weighted by atomic mass is 32.2. The molecule has 2 atom stereocenters. The zero-order valence-electron chi connectivity index (χ0n) is 7.03. The van der Waals surface area contributed by atoms with Crippen molar-refractivity contribution in [2.75, 3.05) is 11.5 Å². The Morgan fingerprint density at radius 3 is 3.00 bits per heavy atom. The van der Waals surface area contributed by atoms with E-state index >= 15 is 0 Å². The molecular formula is C8H15NO2S. The first-order valence-corrected chi connectivity index (χ1v) is 5.40. The number of aliphatic carboxylic acids is 1. The normalized spacial score (nSPS) is 30.1. The van der Waals surface area contributed by atoms with Crippen molar-refractivity contribution >= 4 is 17.7 Å². The first-order chi connectivity index (χ1) is 5.70. The van der Waals surface area contributed by atoms with Crippen molar-refractivity contribution in [1.82, 2.24) is 0 Å². The Kier molecular flexibility index (Phi) is 3.88. The van der Waals surface area contributed by atoms with Gasteiger partial charge in [-0.2, -0.15) is 11.8 Å². The van der Waals surface area contributed by atoms with Crippen LogP contribution in [0.15, 0.2) is 0 Å². The summed E-state index contributed by atoms with van der Waals surface area (Å²) < 4.78 is 0. The first kappa shape index (κ1) is 9.86. The molecule has 12 heavy (non-hydrogen) atoms. The summed E-state index contributed by atoms with van der Waals surface area (Å²) in [6.45, 7) is 0. The molecule has 0 aromatic rings. The molecule has 0 saturated carbocycles. The number of carbonyl (C=O) groups is 1. The van der Waals surface area contributed by atoms with Crippen LogP contribution in [0.3, 0.4) is 0 Å². The van der Waals surface area contributed by atoms with Crippen LogP contribution in [0.4, 0.5) is 0 Å². The highest BCUT2D eigenvalue weighted by molar-refractivity contribution is 7.99. The van der Waals surface area contributed by atoms with Crippen LogP contribution in [0, 0.1) is 5.92 Å². The number of thioether (sulfide) groups is 1. The van der Waals surface area contributed by atoms with Gasteiger partial charge in [0.1, 0.15) is 0 Å². The lowest BCUT2D eigenvalue weighted by atomic mass is 9.95. The maximum atomic E-state index is 10.3. The Morgan fingerprint density at radius 2 is 2.42 bits per heavy atom. The molecule has 0 bridgehead atoms. The fourth-order valence-corrected chi connectivity index (χ4v) is 2.74. The van der Waals surface area contributed by atoms with Crippen molar-refractivity contribution in [2.45, 2.75) is 25.3 Å². The van der Waals surface area contributed by atoms with Crippen LogP contribution < -0.4 is 5.73 Å². The van der Waals surface area contributed by atoms with E-state index in [0.29, 0.717) is 5.92 Å². The van der Waals surface area contributed by atoms with Crippen molar-refractivity contribution in [3.8, 4) is 0 Å². The second-order valence-electron chi connectivity index (χ2n) is 3.22. The quantitative estimate of drug-likeness (QED) is 0.693. The lowest BCUT2D eigenvalue weighted by Gasteiger charge is -2.27. The molecular weight excluding hydrogens is 174 g/mol. The van der Waals surface area contributed by atoms with E-state index < -0.39 is 5.97 Å². The van der Waals surface area contributed by atoms with Gasteiger partial charge in [-0.1, -0.05) is 0 Å². The Hall–Kier alpha value is -0.220. The summed E-state index contributed by atoms with van der Waals surface area (Å²) in [7, 11) is 0. The molecule has 3 N–H and O–H groups in total. The fraction of sp³-hybridized carbons (Fsp3) is 0.875. The first-order valence-electron chi connectivity index (χ1n) is 4.25. The van der Waals surface area contributed by atoms with Gasteiger partial charge in [0.25, 0.3) is 0 Å². The molecule has 0 amide bonds. The van der Waals surface area contributed by atoms with Gasteiger partial charge in [0.2, 0.25) is 0 Å². The monoisotopic (exact) mass is 189 g/mol. The lowest BCUT2D eigenvalue weighted by molar-refractivity contribution is -0.137. The molecule has 70 valence electrons. The molecule has 0 unspecified atom stereocenters. The Morgan fingerprint density at radius 1 is 1.67 bits per heavy atom. The smallest absolute Gasteiger partial charge is 0.303 e. The van der Waals surface area contributed by atoms with Crippen LogP contribution in [0.2, 0.25) is 0 Å². The van der Waals surface area contributed by atoms with Gasteiger partial charge in [-0.25, -0.2) is 0 Å². The highest BCUT2D eigenvalue weighted by Crippen LogP contribution is 2.25. The molecule has 0 aliphatic carbocycles. The number of nitrogens with two attached hydrogens (primary N) is 1. The van der Waals surface area contributed by atoms with E-state index in [4.69, 9.17) is 10.8 Å². The maximum absolute atomic E-state index is 10.3. The zero-order valence-corrected chi connectivity index (χ0v) is 7.85. The van der Waals surface area contributed by atoms with Gasteiger partial charge in [0.05, 0.1) is 0 Å². The lowest BCUT2D eigenvalue weighted by Crippen LogP contribution is -2.35. The minimum atomic E-state index is -0.710. The second-order valence-corrected chi connectivity index (χ2v) is 4.37. The molecule has 4 heteroatoms. The van der Waals surface area contributed by atoms with E-state index in [2.05, 4.69) is 0 Å². The molecule has 1 aliphatic rings. The van der Waals surface area contributed by atoms with Gasteiger partial charge in [-0.05, 0) is 30.3 Å². The zero-order chi connectivity index (χ0) is 8.97. The van der Waals surface area contributed by atoms with Gasteiger partial charge in [0.15, 0.2) is 0 Å². The number of carboxylic acids is 1. The predicted molar refractivity (Wildman–Crippen MR) is 50.3 cm³/mol. The van der Waals surface area contributed by atoms with Crippen molar-refractivity contribution in [2.24, 2.45) is 11.7 Å². The van der Waals surface area contributed by atoms with E-state index in [1.165, 1.54) is 0 Å². The third-order valence-corrected chi connectivity index (χ3v) is 3.45. The Bertz CT molecular complexity index is 163. The summed E-state index contributed by atoms with van der Waals surface area (Å²) in [5.41, 5.74) is 5.86. The Labute approximate surface area is 76.7 Å². The summed E-state index contributed by atoms with van der Waals surface area (Å²) in [5.74, 6) is 1.87. The van der Waals surface area contributed by atoms with E-state index in [0.717, 1.165) is 24.3 Å².